The van der Waals surface area contributed by atoms with Gasteiger partial charge < -0.3 is 9.64 Å². The summed E-state index contributed by atoms with van der Waals surface area (Å²) in [5, 5.41) is 7.33. The molecule has 2 aromatic rings. The first-order chi connectivity index (χ1) is 12.8. The number of rotatable bonds is 6. The number of aromatic amines is 1. The van der Waals surface area contributed by atoms with Crippen molar-refractivity contribution in [2.75, 3.05) is 18.1 Å². The summed E-state index contributed by atoms with van der Waals surface area (Å²) >= 11 is 0. The van der Waals surface area contributed by atoms with Crippen LogP contribution in [0.5, 0.6) is 0 Å². The van der Waals surface area contributed by atoms with Gasteiger partial charge >= 0.3 is 5.97 Å². The van der Waals surface area contributed by atoms with E-state index in [1.165, 1.54) is 0 Å². The van der Waals surface area contributed by atoms with Crippen LogP contribution in [0.15, 0.2) is 24.3 Å². The fourth-order valence-corrected chi connectivity index (χ4v) is 5.10. The Bertz CT molecular complexity index is 953. The number of aromatic nitrogens is 2. The molecule has 2 unspecified atom stereocenters. The van der Waals surface area contributed by atoms with Crippen molar-refractivity contribution in [1.82, 2.24) is 15.1 Å². The molecule has 1 aromatic heterocycles. The molecule has 0 bridgehead atoms. The molecule has 1 fully saturated rings. The van der Waals surface area contributed by atoms with Crippen molar-refractivity contribution in [2.45, 2.75) is 38.8 Å². The molecule has 1 N–H and O–H groups in total. The monoisotopic (exact) mass is 393 g/mol. The summed E-state index contributed by atoms with van der Waals surface area (Å²) in [5.41, 5.74) is 0.824. The molecule has 0 radical (unpaired) electrons. The van der Waals surface area contributed by atoms with E-state index < -0.39 is 22.4 Å². The summed E-state index contributed by atoms with van der Waals surface area (Å²) in [4.78, 5) is 26.6. The van der Waals surface area contributed by atoms with Gasteiger partial charge in [-0.3, -0.25) is 9.89 Å². The molecule has 1 aliphatic rings. The molecule has 1 aliphatic heterocycles. The second kappa shape index (κ2) is 7.67. The Hall–Kier alpha value is -2.42. The van der Waals surface area contributed by atoms with E-state index in [1.54, 1.807) is 23.1 Å². The van der Waals surface area contributed by atoms with Crippen molar-refractivity contribution in [1.29, 1.82) is 0 Å². The van der Waals surface area contributed by atoms with Crippen LogP contribution >= 0.6 is 0 Å². The zero-order chi connectivity index (χ0) is 19.6. The molecule has 146 valence electrons. The van der Waals surface area contributed by atoms with Gasteiger partial charge in [-0.1, -0.05) is 25.1 Å². The quantitative estimate of drug-likeness (QED) is 0.746. The van der Waals surface area contributed by atoms with Gasteiger partial charge in [0.2, 0.25) is 0 Å². The van der Waals surface area contributed by atoms with Gasteiger partial charge in [0.05, 0.1) is 17.0 Å². The van der Waals surface area contributed by atoms with Gasteiger partial charge in [0.25, 0.3) is 5.91 Å². The molecule has 0 spiro atoms. The Kier molecular flexibility index (Phi) is 5.50. The molecule has 2 heterocycles. The molecular weight excluding hydrogens is 370 g/mol. The Morgan fingerprint density at radius 3 is 2.78 bits per heavy atom. The van der Waals surface area contributed by atoms with E-state index in [4.69, 9.17) is 4.74 Å². The standard InChI is InChI=1S/C18H23N3O5S/c1-3-12(2)21(13-8-9-27(24,25)11-13)16(22)10-26-18(23)17-14-6-4-5-7-15(14)19-20-17/h4-7,12-13H,3,8-11H2,1-2H3,(H,19,20). The highest BCUT2D eigenvalue weighted by molar-refractivity contribution is 7.91. The van der Waals surface area contributed by atoms with Gasteiger partial charge in [0.1, 0.15) is 0 Å². The maximum Gasteiger partial charge on any atom is 0.359 e. The lowest BCUT2D eigenvalue weighted by Gasteiger charge is -2.33. The maximum atomic E-state index is 12.7. The van der Waals surface area contributed by atoms with Crippen LogP contribution < -0.4 is 0 Å². The predicted molar refractivity (Wildman–Crippen MR) is 100 cm³/mol. The van der Waals surface area contributed by atoms with E-state index in [9.17, 15) is 18.0 Å². The highest BCUT2D eigenvalue weighted by Crippen LogP contribution is 2.22. The van der Waals surface area contributed by atoms with Crippen molar-refractivity contribution in [3.63, 3.8) is 0 Å². The van der Waals surface area contributed by atoms with Gasteiger partial charge in [0.15, 0.2) is 22.1 Å². The zero-order valence-electron chi connectivity index (χ0n) is 15.3. The summed E-state index contributed by atoms with van der Waals surface area (Å²) in [5.74, 6) is -1.04. The van der Waals surface area contributed by atoms with E-state index >= 15 is 0 Å². The van der Waals surface area contributed by atoms with Gasteiger partial charge in [-0.2, -0.15) is 5.10 Å². The smallest absolute Gasteiger partial charge is 0.359 e. The lowest BCUT2D eigenvalue weighted by Crippen LogP contribution is -2.48. The van der Waals surface area contributed by atoms with Gasteiger partial charge in [0, 0.05) is 17.5 Å². The number of hydrogen-bond donors (Lipinski definition) is 1. The third-order valence-electron chi connectivity index (χ3n) is 4.95. The minimum absolute atomic E-state index is 0.0406. The van der Waals surface area contributed by atoms with E-state index in [2.05, 4.69) is 10.2 Å². The van der Waals surface area contributed by atoms with Crippen LogP contribution in [-0.4, -0.2) is 65.6 Å². The summed E-state index contributed by atoms with van der Waals surface area (Å²) in [6.07, 6.45) is 1.09. The van der Waals surface area contributed by atoms with Gasteiger partial charge in [-0.15, -0.1) is 0 Å². The maximum absolute atomic E-state index is 12.7. The summed E-state index contributed by atoms with van der Waals surface area (Å²) in [6, 6.07) is 6.62. The Morgan fingerprint density at radius 2 is 2.11 bits per heavy atom. The molecule has 2 atom stereocenters. The van der Waals surface area contributed by atoms with Crippen LogP contribution in [0, 0.1) is 0 Å². The van der Waals surface area contributed by atoms with E-state index in [1.807, 2.05) is 19.9 Å². The average Bonchev–Trinajstić information content (AvgIpc) is 3.23. The predicted octanol–water partition coefficient (Wildman–Crippen LogP) is 1.53. The Morgan fingerprint density at radius 1 is 1.37 bits per heavy atom. The average molecular weight is 393 g/mol. The number of nitrogens with one attached hydrogen (secondary N) is 1. The van der Waals surface area contributed by atoms with Crippen LogP contribution in [0.3, 0.4) is 0 Å². The molecule has 1 amide bonds. The largest absolute Gasteiger partial charge is 0.451 e. The molecule has 3 rings (SSSR count). The molecule has 9 heteroatoms. The van der Waals surface area contributed by atoms with E-state index in [0.29, 0.717) is 23.7 Å². The number of amides is 1. The van der Waals surface area contributed by atoms with Crippen LogP contribution in [0.25, 0.3) is 10.9 Å². The highest BCUT2D eigenvalue weighted by atomic mass is 32.2. The second-order valence-corrected chi connectivity index (χ2v) is 9.04. The number of H-pyrrole nitrogens is 1. The SMILES string of the molecule is CCC(C)N(C(=O)COC(=O)c1n[nH]c2ccccc12)C1CCS(=O)(=O)C1. The topological polar surface area (TPSA) is 109 Å². The van der Waals surface area contributed by atoms with Crippen LogP contribution in [0.1, 0.15) is 37.2 Å². The number of benzene rings is 1. The molecule has 8 nitrogen and oxygen atoms in total. The highest BCUT2D eigenvalue weighted by Gasteiger charge is 2.36. The van der Waals surface area contributed by atoms with Crippen LogP contribution in [0.4, 0.5) is 0 Å². The summed E-state index contributed by atoms with van der Waals surface area (Å²) < 4.78 is 28.8. The molecule has 27 heavy (non-hydrogen) atoms. The molecule has 1 aromatic carbocycles. The van der Waals surface area contributed by atoms with Crippen molar-refractivity contribution >= 4 is 32.6 Å². The number of nitrogens with zero attached hydrogens (tertiary/aromatic N) is 2. The second-order valence-electron chi connectivity index (χ2n) is 6.81. The Labute approximate surface area is 157 Å². The number of esters is 1. The fraction of sp³-hybridized carbons (Fsp3) is 0.500. The van der Waals surface area contributed by atoms with Crippen molar-refractivity contribution in [2.24, 2.45) is 0 Å². The van der Waals surface area contributed by atoms with Gasteiger partial charge in [-0.25, -0.2) is 13.2 Å². The number of para-hydroxylation sites is 1. The fourth-order valence-electron chi connectivity index (χ4n) is 3.39. The third kappa shape index (κ3) is 4.13. The molecule has 1 saturated heterocycles. The van der Waals surface area contributed by atoms with Crippen LogP contribution in [-0.2, 0) is 19.4 Å². The molecule has 0 saturated carbocycles. The normalized spacial score (nSPS) is 19.7. The van der Waals surface area contributed by atoms with E-state index in [-0.39, 0.29) is 35.2 Å². The van der Waals surface area contributed by atoms with E-state index in [0.717, 1.165) is 0 Å². The van der Waals surface area contributed by atoms with Gasteiger partial charge in [-0.05, 0) is 25.8 Å². The minimum Gasteiger partial charge on any atom is -0.451 e. The lowest BCUT2D eigenvalue weighted by atomic mass is 10.1. The number of carbonyl (C=O) groups is 2. The number of carbonyl (C=O) groups excluding carboxylic acids is 2. The number of hydrogen-bond acceptors (Lipinski definition) is 6. The third-order valence-corrected chi connectivity index (χ3v) is 6.70. The Balaban J connectivity index is 1.69. The van der Waals surface area contributed by atoms with Crippen molar-refractivity contribution in [3.05, 3.63) is 30.0 Å². The first kappa shape index (κ1) is 19.3. The summed E-state index contributed by atoms with van der Waals surface area (Å²) in [6.45, 7) is 3.35. The first-order valence-electron chi connectivity index (χ1n) is 8.94. The lowest BCUT2D eigenvalue weighted by molar-refractivity contribution is -0.138. The van der Waals surface area contributed by atoms with Crippen molar-refractivity contribution < 1.29 is 22.7 Å². The minimum atomic E-state index is -3.12. The molecule has 0 aliphatic carbocycles. The molecular formula is C18H23N3O5S. The summed E-state index contributed by atoms with van der Waals surface area (Å²) in [7, 11) is -3.12. The number of sulfone groups is 1. The van der Waals surface area contributed by atoms with Crippen LogP contribution in [0.2, 0.25) is 0 Å². The number of fused-ring (bicyclic) bond motifs is 1. The first-order valence-corrected chi connectivity index (χ1v) is 10.8. The number of ether oxygens (including phenoxy) is 1. The van der Waals surface area contributed by atoms with Crippen molar-refractivity contribution in [3.8, 4) is 0 Å². The zero-order valence-corrected chi connectivity index (χ0v) is 16.2.